The number of anilines is 1. The summed E-state index contributed by atoms with van der Waals surface area (Å²) in [5, 5.41) is 8.05. The number of hydrogen-bond donors (Lipinski definition) is 1. The Balaban J connectivity index is 1.83. The van der Waals surface area contributed by atoms with Gasteiger partial charge in [0.05, 0.1) is 29.1 Å². The summed E-state index contributed by atoms with van der Waals surface area (Å²) < 4.78 is 6.73. The van der Waals surface area contributed by atoms with Crippen molar-refractivity contribution in [1.29, 1.82) is 0 Å². The topological polar surface area (TPSA) is 73.2 Å². The number of nitrogens with zero attached hydrogens (tertiary/aromatic N) is 2. The van der Waals surface area contributed by atoms with Crippen LogP contribution in [-0.2, 0) is 28.9 Å². The zero-order chi connectivity index (χ0) is 18.0. The second-order valence-electron chi connectivity index (χ2n) is 5.92. The van der Waals surface area contributed by atoms with Crippen LogP contribution in [0.4, 0.5) is 5.00 Å². The predicted octanol–water partition coefficient (Wildman–Crippen LogP) is 3.60. The van der Waals surface area contributed by atoms with E-state index in [0.29, 0.717) is 22.2 Å². The molecule has 0 radical (unpaired) electrons. The minimum absolute atomic E-state index is 0.0450. The Labute approximate surface area is 155 Å². The van der Waals surface area contributed by atoms with Crippen LogP contribution in [0, 0.1) is 6.92 Å². The van der Waals surface area contributed by atoms with E-state index in [-0.39, 0.29) is 18.4 Å². The lowest BCUT2D eigenvalue weighted by Gasteiger charge is -2.12. The summed E-state index contributed by atoms with van der Waals surface area (Å²) in [6.45, 7) is 3.93. The Morgan fingerprint density at radius 2 is 2.16 bits per heavy atom. The number of carbonyl (C=O) groups is 2. The molecule has 1 aliphatic rings. The maximum absolute atomic E-state index is 12.4. The summed E-state index contributed by atoms with van der Waals surface area (Å²) in [6.07, 6.45) is 5.46. The fourth-order valence-electron chi connectivity index (χ4n) is 2.96. The zero-order valence-corrected chi connectivity index (χ0v) is 15.8. The first-order chi connectivity index (χ1) is 12.0. The summed E-state index contributed by atoms with van der Waals surface area (Å²) >= 11 is 7.44. The van der Waals surface area contributed by atoms with Crippen molar-refractivity contribution in [3.05, 3.63) is 32.9 Å². The Morgan fingerprint density at radius 1 is 1.40 bits per heavy atom. The number of hydrogen-bond acceptors (Lipinski definition) is 5. The van der Waals surface area contributed by atoms with Crippen LogP contribution in [0.3, 0.4) is 0 Å². The molecule has 134 valence electrons. The Kier molecular flexibility index (Phi) is 5.44. The van der Waals surface area contributed by atoms with Gasteiger partial charge in [0, 0.05) is 4.88 Å². The Hall–Kier alpha value is -1.86. The standard InChI is InChI=1S/C17H20ClN3O3S/c1-3-24-17(23)15-11-6-4-5-7-13(11)25-16(15)20-14(22)9-21-10(2)12(18)8-19-21/h8H,3-7,9H2,1-2H3,(H,20,22). The van der Waals surface area contributed by atoms with Gasteiger partial charge in [-0.2, -0.15) is 5.10 Å². The lowest BCUT2D eigenvalue weighted by Crippen LogP contribution is -2.21. The third kappa shape index (κ3) is 3.72. The molecular formula is C17H20ClN3O3S. The summed E-state index contributed by atoms with van der Waals surface area (Å²) in [6, 6.07) is 0. The first-order valence-corrected chi connectivity index (χ1v) is 9.50. The first kappa shape index (κ1) is 17.9. The van der Waals surface area contributed by atoms with E-state index in [1.807, 2.05) is 0 Å². The second-order valence-corrected chi connectivity index (χ2v) is 7.43. The van der Waals surface area contributed by atoms with Crippen LogP contribution >= 0.6 is 22.9 Å². The van der Waals surface area contributed by atoms with Gasteiger partial charge >= 0.3 is 5.97 Å². The lowest BCUT2D eigenvalue weighted by atomic mass is 9.95. The van der Waals surface area contributed by atoms with Crippen LogP contribution in [-0.4, -0.2) is 28.3 Å². The summed E-state index contributed by atoms with van der Waals surface area (Å²) in [4.78, 5) is 26.0. The molecule has 0 bridgehead atoms. The van der Waals surface area contributed by atoms with Crippen LogP contribution in [0.5, 0.6) is 0 Å². The molecule has 2 heterocycles. The van der Waals surface area contributed by atoms with Crippen LogP contribution in [0.2, 0.25) is 5.02 Å². The van der Waals surface area contributed by atoms with Gasteiger partial charge in [-0.1, -0.05) is 11.6 Å². The quantitative estimate of drug-likeness (QED) is 0.803. The molecule has 0 aliphatic heterocycles. The Bertz CT molecular complexity index is 812. The highest BCUT2D eigenvalue weighted by Gasteiger charge is 2.27. The van der Waals surface area contributed by atoms with Gasteiger partial charge in [0.2, 0.25) is 5.91 Å². The van der Waals surface area contributed by atoms with Crippen molar-refractivity contribution >= 4 is 39.8 Å². The molecule has 0 atom stereocenters. The van der Waals surface area contributed by atoms with Crippen LogP contribution in [0.25, 0.3) is 0 Å². The molecule has 0 fully saturated rings. The highest BCUT2D eigenvalue weighted by molar-refractivity contribution is 7.17. The first-order valence-electron chi connectivity index (χ1n) is 8.30. The second kappa shape index (κ2) is 7.58. The van der Waals surface area contributed by atoms with Gasteiger partial charge in [0.25, 0.3) is 0 Å². The van der Waals surface area contributed by atoms with Gasteiger partial charge in [-0.3, -0.25) is 9.48 Å². The van der Waals surface area contributed by atoms with Gasteiger partial charge in [-0.05, 0) is 45.1 Å². The maximum Gasteiger partial charge on any atom is 0.341 e. The number of rotatable bonds is 5. The lowest BCUT2D eigenvalue weighted by molar-refractivity contribution is -0.116. The van der Waals surface area contributed by atoms with Crippen molar-refractivity contribution in [2.75, 3.05) is 11.9 Å². The minimum Gasteiger partial charge on any atom is -0.462 e. The van der Waals surface area contributed by atoms with Gasteiger partial charge in [-0.15, -0.1) is 11.3 Å². The van der Waals surface area contributed by atoms with Crippen molar-refractivity contribution in [3.63, 3.8) is 0 Å². The van der Waals surface area contributed by atoms with E-state index in [1.54, 1.807) is 13.8 Å². The number of fused-ring (bicyclic) bond motifs is 1. The number of esters is 1. The number of nitrogens with one attached hydrogen (secondary N) is 1. The molecule has 2 aromatic rings. The van der Waals surface area contributed by atoms with Crippen molar-refractivity contribution in [2.24, 2.45) is 0 Å². The average Bonchev–Trinajstić information content (AvgIpc) is 3.09. The number of amides is 1. The molecule has 1 aliphatic carbocycles. The summed E-state index contributed by atoms with van der Waals surface area (Å²) in [5.41, 5.74) is 2.28. The molecule has 0 spiro atoms. The maximum atomic E-state index is 12.4. The van der Waals surface area contributed by atoms with E-state index < -0.39 is 0 Å². The highest BCUT2D eigenvalue weighted by atomic mass is 35.5. The van der Waals surface area contributed by atoms with Gasteiger partial charge in [0.15, 0.2) is 0 Å². The normalized spacial score (nSPS) is 13.4. The third-order valence-electron chi connectivity index (χ3n) is 4.24. The van der Waals surface area contributed by atoms with E-state index >= 15 is 0 Å². The largest absolute Gasteiger partial charge is 0.462 e. The number of halogens is 1. The zero-order valence-electron chi connectivity index (χ0n) is 14.2. The molecule has 0 saturated heterocycles. The van der Waals surface area contributed by atoms with E-state index in [0.717, 1.165) is 36.9 Å². The van der Waals surface area contributed by atoms with Crippen molar-refractivity contribution in [3.8, 4) is 0 Å². The van der Waals surface area contributed by atoms with E-state index in [4.69, 9.17) is 16.3 Å². The summed E-state index contributed by atoms with van der Waals surface area (Å²) in [5.74, 6) is -0.609. The van der Waals surface area contributed by atoms with Crippen LogP contribution in [0.1, 0.15) is 46.3 Å². The fraction of sp³-hybridized carbons (Fsp3) is 0.471. The van der Waals surface area contributed by atoms with Crippen molar-refractivity contribution < 1.29 is 14.3 Å². The molecule has 0 unspecified atom stereocenters. The average molecular weight is 382 g/mol. The number of carbonyl (C=O) groups excluding carboxylic acids is 2. The van der Waals surface area contributed by atoms with Crippen LogP contribution in [0.15, 0.2) is 6.20 Å². The van der Waals surface area contributed by atoms with E-state index in [2.05, 4.69) is 10.4 Å². The molecule has 0 aromatic carbocycles. The third-order valence-corrected chi connectivity index (χ3v) is 5.82. The molecule has 2 aromatic heterocycles. The predicted molar refractivity (Wildman–Crippen MR) is 97.5 cm³/mol. The molecule has 25 heavy (non-hydrogen) atoms. The SMILES string of the molecule is CCOC(=O)c1c(NC(=O)Cn2ncc(Cl)c2C)sc2c1CCCC2. The van der Waals surface area contributed by atoms with Gasteiger partial charge in [-0.25, -0.2) is 4.79 Å². The highest BCUT2D eigenvalue weighted by Crippen LogP contribution is 2.38. The van der Waals surface area contributed by atoms with Gasteiger partial charge < -0.3 is 10.1 Å². The van der Waals surface area contributed by atoms with Crippen molar-refractivity contribution in [2.45, 2.75) is 46.1 Å². The van der Waals surface area contributed by atoms with Crippen LogP contribution < -0.4 is 5.32 Å². The van der Waals surface area contributed by atoms with E-state index in [9.17, 15) is 9.59 Å². The summed E-state index contributed by atoms with van der Waals surface area (Å²) in [7, 11) is 0. The number of aryl methyl sites for hydroxylation is 1. The Morgan fingerprint density at radius 3 is 2.84 bits per heavy atom. The minimum atomic E-state index is -0.365. The number of ether oxygens (including phenoxy) is 1. The number of thiophene rings is 1. The molecule has 3 rings (SSSR count). The molecule has 8 heteroatoms. The molecule has 1 amide bonds. The van der Waals surface area contributed by atoms with E-state index in [1.165, 1.54) is 27.1 Å². The van der Waals surface area contributed by atoms with Crippen molar-refractivity contribution in [1.82, 2.24) is 9.78 Å². The smallest absolute Gasteiger partial charge is 0.341 e. The number of aromatic nitrogens is 2. The molecule has 6 nitrogen and oxygen atoms in total. The molecule has 1 N–H and O–H groups in total. The molecular weight excluding hydrogens is 362 g/mol. The van der Waals surface area contributed by atoms with Gasteiger partial charge in [0.1, 0.15) is 11.5 Å². The monoisotopic (exact) mass is 381 g/mol. The molecule has 0 saturated carbocycles. The fourth-order valence-corrected chi connectivity index (χ4v) is 4.39.